The van der Waals surface area contributed by atoms with Crippen molar-refractivity contribution in [3.8, 4) is 0 Å². The van der Waals surface area contributed by atoms with Gasteiger partial charge in [-0.15, -0.1) is 0 Å². The second-order valence-electron chi connectivity index (χ2n) is 6.44. The Morgan fingerprint density at radius 2 is 1.90 bits per heavy atom. The van der Waals surface area contributed by atoms with Crippen molar-refractivity contribution in [1.82, 2.24) is 9.21 Å². The third kappa shape index (κ3) is 5.42. The minimum absolute atomic E-state index is 0.0648. The lowest BCUT2D eigenvalue weighted by molar-refractivity contribution is -0.134. The van der Waals surface area contributed by atoms with Gasteiger partial charge >= 0.3 is 5.97 Å². The SMILES string of the molecule is CCN(Cc1cccc(F)c1)C(=O)COC(=O)c1cc(S(=O)(=O)N(C)C)oc1C. The van der Waals surface area contributed by atoms with Crippen LogP contribution in [0.3, 0.4) is 0 Å². The number of carbonyl (C=O) groups excluding carboxylic acids is 2. The first-order valence-electron chi connectivity index (χ1n) is 8.78. The summed E-state index contributed by atoms with van der Waals surface area (Å²) in [4.78, 5) is 26.1. The highest BCUT2D eigenvalue weighted by Gasteiger charge is 2.27. The van der Waals surface area contributed by atoms with Crippen molar-refractivity contribution in [2.24, 2.45) is 0 Å². The van der Waals surface area contributed by atoms with E-state index >= 15 is 0 Å². The van der Waals surface area contributed by atoms with Crippen LogP contribution < -0.4 is 0 Å². The molecule has 1 aromatic heterocycles. The molecule has 0 saturated carbocycles. The molecule has 0 radical (unpaired) electrons. The zero-order valence-electron chi connectivity index (χ0n) is 16.6. The lowest BCUT2D eigenvalue weighted by atomic mass is 10.2. The molecular weight excluding hydrogens is 403 g/mol. The molecule has 1 heterocycles. The van der Waals surface area contributed by atoms with Crippen molar-refractivity contribution < 1.29 is 31.6 Å². The summed E-state index contributed by atoms with van der Waals surface area (Å²) in [6, 6.07) is 6.93. The lowest BCUT2D eigenvalue weighted by Crippen LogP contribution is -2.34. The number of esters is 1. The van der Waals surface area contributed by atoms with E-state index in [0.717, 1.165) is 10.4 Å². The maximum absolute atomic E-state index is 13.3. The number of halogens is 1. The van der Waals surface area contributed by atoms with Crippen LogP contribution in [-0.4, -0.2) is 56.7 Å². The van der Waals surface area contributed by atoms with Gasteiger partial charge in [0.1, 0.15) is 17.1 Å². The summed E-state index contributed by atoms with van der Waals surface area (Å²) in [6.45, 7) is 3.14. The van der Waals surface area contributed by atoms with E-state index in [4.69, 9.17) is 9.15 Å². The molecule has 0 fully saturated rings. The summed E-state index contributed by atoms with van der Waals surface area (Å²) in [5, 5.41) is -0.389. The summed E-state index contributed by atoms with van der Waals surface area (Å²) < 4.78 is 48.7. The van der Waals surface area contributed by atoms with Crippen LogP contribution in [-0.2, 0) is 26.1 Å². The molecule has 2 aromatic rings. The fraction of sp³-hybridized carbons (Fsp3) is 0.368. The molecule has 158 valence electrons. The first kappa shape index (κ1) is 22.6. The number of hydrogen-bond donors (Lipinski definition) is 0. The van der Waals surface area contributed by atoms with Gasteiger partial charge < -0.3 is 14.1 Å². The smallest absolute Gasteiger partial charge is 0.342 e. The van der Waals surface area contributed by atoms with Crippen molar-refractivity contribution in [1.29, 1.82) is 0 Å². The van der Waals surface area contributed by atoms with Crippen molar-refractivity contribution >= 4 is 21.9 Å². The maximum atomic E-state index is 13.3. The summed E-state index contributed by atoms with van der Waals surface area (Å²) >= 11 is 0. The van der Waals surface area contributed by atoms with E-state index in [1.165, 1.54) is 38.1 Å². The van der Waals surface area contributed by atoms with Gasteiger partial charge in [0.25, 0.3) is 15.9 Å². The minimum Gasteiger partial charge on any atom is -0.452 e. The molecule has 8 nitrogen and oxygen atoms in total. The third-order valence-electron chi connectivity index (χ3n) is 4.17. The Hall–Kier alpha value is -2.72. The molecule has 29 heavy (non-hydrogen) atoms. The molecule has 0 unspecified atom stereocenters. The van der Waals surface area contributed by atoms with E-state index in [9.17, 15) is 22.4 Å². The van der Waals surface area contributed by atoms with Crippen LogP contribution in [0, 0.1) is 12.7 Å². The zero-order valence-corrected chi connectivity index (χ0v) is 17.5. The Balaban J connectivity index is 2.04. The van der Waals surface area contributed by atoms with Gasteiger partial charge in [-0.05, 0) is 31.5 Å². The number of likely N-dealkylation sites (N-methyl/N-ethyl adjacent to an activating group) is 1. The number of carbonyl (C=O) groups is 2. The van der Waals surface area contributed by atoms with Gasteiger partial charge in [0.05, 0.1) is 0 Å². The lowest BCUT2D eigenvalue weighted by Gasteiger charge is -2.20. The van der Waals surface area contributed by atoms with Crippen LogP contribution in [0.2, 0.25) is 0 Å². The molecule has 0 aliphatic heterocycles. The van der Waals surface area contributed by atoms with Gasteiger partial charge in [-0.1, -0.05) is 12.1 Å². The third-order valence-corrected chi connectivity index (χ3v) is 5.84. The number of benzene rings is 1. The average molecular weight is 426 g/mol. The number of hydrogen-bond acceptors (Lipinski definition) is 6. The standard InChI is InChI=1S/C19H23FN2O6S/c1-5-22(11-14-7-6-8-15(20)9-14)17(23)12-27-19(24)16-10-18(28-13(16)2)29(25,26)21(3)4/h6-10H,5,11-12H2,1-4H3. The van der Waals surface area contributed by atoms with Gasteiger partial charge in [-0.3, -0.25) is 4.79 Å². The van der Waals surface area contributed by atoms with Crippen molar-refractivity contribution in [3.05, 3.63) is 53.0 Å². The van der Waals surface area contributed by atoms with Crippen LogP contribution in [0.15, 0.2) is 39.8 Å². The Morgan fingerprint density at radius 1 is 1.21 bits per heavy atom. The Kier molecular flexibility index (Phi) is 7.15. The maximum Gasteiger partial charge on any atom is 0.342 e. The Morgan fingerprint density at radius 3 is 2.48 bits per heavy atom. The van der Waals surface area contributed by atoms with Crippen molar-refractivity contribution in [3.63, 3.8) is 0 Å². The van der Waals surface area contributed by atoms with Crippen molar-refractivity contribution in [2.75, 3.05) is 27.2 Å². The zero-order chi connectivity index (χ0) is 21.8. The molecular formula is C19H23FN2O6S. The molecule has 10 heteroatoms. The first-order chi connectivity index (χ1) is 13.6. The fourth-order valence-electron chi connectivity index (χ4n) is 2.49. The van der Waals surface area contributed by atoms with E-state index in [2.05, 4.69) is 0 Å². The van der Waals surface area contributed by atoms with E-state index in [0.29, 0.717) is 12.1 Å². The number of furan rings is 1. The fourth-order valence-corrected chi connectivity index (χ4v) is 3.35. The molecule has 1 aromatic carbocycles. The number of nitrogens with zero attached hydrogens (tertiary/aromatic N) is 2. The van der Waals surface area contributed by atoms with E-state index < -0.39 is 34.3 Å². The van der Waals surface area contributed by atoms with Gasteiger partial charge in [-0.2, -0.15) is 0 Å². The number of sulfonamides is 1. The molecule has 0 aliphatic rings. The molecule has 0 N–H and O–H groups in total. The first-order valence-corrected chi connectivity index (χ1v) is 10.2. The normalized spacial score (nSPS) is 11.5. The molecule has 0 bridgehead atoms. The highest BCUT2D eigenvalue weighted by atomic mass is 32.2. The van der Waals surface area contributed by atoms with Crippen LogP contribution >= 0.6 is 0 Å². The van der Waals surface area contributed by atoms with Gasteiger partial charge in [0.15, 0.2) is 6.61 Å². The second-order valence-corrected chi connectivity index (χ2v) is 8.52. The highest BCUT2D eigenvalue weighted by Crippen LogP contribution is 2.22. The predicted molar refractivity (Wildman–Crippen MR) is 102 cm³/mol. The van der Waals surface area contributed by atoms with Gasteiger partial charge in [-0.25, -0.2) is 21.9 Å². The van der Waals surface area contributed by atoms with Crippen molar-refractivity contribution in [2.45, 2.75) is 25.5 Å². The van der Waals surface area contributed by atoms with Crippen LogP contribution in [0.5, 0.6) is 0 Å². The molecule has 2 rings (SSSR count). The quantitative estimate of drug-likeness (QED) is 0.600. The second kappa shape index (κ2) is 9.19. The average Bonchev–Trinajstić information content (AvgIpc) is 3.06. The van der Waals surface area contributed by atoms with Crippen LogP contribution in [0.25, 0.3) is 0 Å². The monoisotopic (exact) mass is 426 g/mol. The Labute approximate surface area is 168 Å². The van der Waals surface area contributed by atoms with E-state index in [1.54, 1.807) is 19.1 Å². The molecule has 1 amide bonds. The van der Waals surface area contributed by atoms with Gasteiger partial charge in [0.2, 0.25) is 5.09 Å². The summed E-state index contributed by atoms with van der Waals surface area (Å²) in [7, 11) is -1.18. The highest BCUT2D eigenvalue weighted by molar-refractivity contribution is 7.88. The van der Waals surface area contributed by atoms with E-state index in [-0.39, 0.29) is 23.0 Å². The topological polar surface area (TPSA) is 97.1 Å². The summed E-state index contributed by atoms with van der Waals surface area (Å²) in [6.07, 6.45) is 0. The summed E-state index contributed by atoms with van der Waals surface area (Å²) in [5.41, 5.74) is 0.530. The number of ether oxygens (including phenoxy) is 1. The largest absolute Gasteiger partial charge is 0.452 e. The number of aryl methyl sites for hydroxylation is 1. The summed E-state index contributed by atoms with van der Waals surface area (Å²) in [5.74, 6) is -1.68. The molecule has 0 saturated heterocycles. The number of rotatable bonds is 8. The molecule has 0 aliphatic carbocycles. The number of amides is 1. The molecule has 0 atom stereocenters. The molecule has 0 spiro atoms. The van der Waals surface area contributed by atoms with Gasteiger partial charge in [0, 0.05) is 33.3 Å². The van der Waals surface area contributed by atoms with E-state index in [1.807, 2.05) is 0 Å². The Bertz CT molecular complexity index is 1000. The van der Waals surface area contributed by atoms with Crippen LogP contribution in [0.1, 0.15) is 28.6 Å². The van der Waals surface area contributed by atoms with Crippen LogP contribution in [0.4, 0.5) is 4.39 Å². The minimum atomic E-state index is -3.85. The predicted octanol–water partition coefficient (Wildman–Crippen LogP) is 2.18.